The summed E-state index contributed by atoms with van der Waals surface area (Å²) in [7, 11) is -1.40. The zero-order valence-electron chi connectivity index (χ0n) is 10.7. The lowest BCUT2D eigenvalue weighted by atomic mass is 10.2. The molecule has 0 saturated carbocycles. The van der Waals surface area contributed by atoms with E-state index in [9.17, 15) is 17.4 Å². The zero-order valence-corrected chi connectivity index (χ0v) is 11.5. The molecule has 7 heteroatoms. The maximum Gasteiger partial charge on any atom is 0.573 e. The second-order valence-electron chi connectivity index (χ2n) is 4.71. The molecule has 106 valence electrons. The van der Waals surface area contributed by atoms with Crippen molar-refractivity contribution in [3.05, 3.63) is 29.8 Å². The standard InChI is InChI=1S/C12H14F3NO2S/c1-11(2,3)19(17)16-8-9-4-6-10(7-5-9)18-12(13,14)15/h4-8H,1-3H3/t19-/m1/s1. The monoisotopic (exact) mass is 293 g/mol. The van der Waals surface area contributed by atoms with E-state index in [0.717, 1.165) is 0 Å². The number of halogens is 3. The first-order valence-electron chi connectivity index (χ1n) is 5.40. The van der Waals surface area contributed by atoms with Crippen LogP contribution in [0.25, 0.3) is 0 Å². The van der Waals surface area contributed by atoms with E-state index in [2.05, 4.69) is 9.13 Å². The highest BCUT2D eigenvalue weighted by atomic mass is 32.2. The molecule has 3 nitrogen and oxygen atoms in total. The molecule has 1 atom stereocenters. The molecule has 0 radical (unpaired) electrons. The van der Waals surface area contributed by atoms with Gasteiger partial charge in [0.05, 0.1) is 4.75 Å². The summed E-state index contributed by atoms with van der Waals surface area (Å²) in [5.74, 6) is -0.304. The number of alkyl halides is 3. The molecule has 19 heavy (non-hydrogen) atoms. The fourth-order valence-corrected chi connectivity index (χ4v) is 1.56. The fraction of sp³-hybridized carbons (Fsp3) is 0.417. The molecule has 0 aliphatic carbocycles. The van der Waals surface area contributed by atoms with Crippen molar-refractivity contribution in [1.29, 1.82) is 0 Å². The maximum atomic E-state index is 11.9. The summed E-state index contributed by atoms with van der Waals surface area (Å²) < 4.78 is 54.6. The molecular weight excluding hydrogens is 279 g/mol. The minimum Gasteiger partial charge on any atom is -0.406 e. The molecule has 0 aliphatic rings. The van der Waals surface area contributed by atoms with E-state index in [1.54, 1.807) is 20.8 Å². The number of hydrogen-bond acceptors (Lipinski definition) is 2. The van der Waals surface area contributed by atoms with Crippen molar-refractivity contribution < 1.29 is 22.1 Å². The highest BCUT2D eigenvalue weighted by molar-refractivity contribution is 7.85. The maximum absolute atomic E-state index is 11.9. The van der Waals surface area contributed by atoms with Crippen LogP contribution in [0.4, 0.5) is 13.2 Å². The van der Waals surface area contributed by atoms with Crippen LogP contribution in [0.2, 0.25) is 0 Å². The van der Waals surface area contributed by atoms with Gasteiger partial charge in [0.15, 0.2) is 0 Å². The van der Waals surface area contributed by atoms with Crippen molar-refractivity contribution >= 4 is 17.2 Å². The van der Waals surface area contributed by atoms with Gasteiger partial charge in [0.1, 0.15) is 16.7 Å². The fourth-order valence-electron chi connectivity index (χ4n) is 1.02. The average Bonchev–Trinajstić information content (AvgIpc) is 2.24. The Labute approximate surface area is 112 Å². The summed E-state index contributed by atoms with van der Waals surface area (Å²) in [6, 6.07) is 5.17. The molecule has 1 aromatic rings. The highest BCUT2D eigenvalue weighted by Crippen LogP contribution is 2.22. The van der Waals surface area contributed by atoms with E-state index >= 15 is 0 Å². The van der Waals surface area contributed by atoms with E-state index in [1.807, 2.05) is 0 Å². The second-order valence-corrected chi connectivity index (χ2v) is 6.65. The van der Waals surface area contributed by atoms with Crippen LogP contribution in [0.1, 0.15) is 26.3 Å². The summed E-state index contributed by atoms with van der Waals surface area (Å²) >= 11 is 0. The second kappa shape index (κ2) is 5.73. The molecule has 0 unspecified atom stereocenters. The molecular formula is C12H14F3NO2S. The first kappa shape index (κ1) is 15.7. The minimum atomic E-state index is -4.71. The predicted octanol–water partition coefficient (Wildman–Crippen LogP) is 3.47. The molecule has 0 amide bonds. The first-order valence-corrected chi connectivity index (χ1v) is 6.50. The van der Waals surface area contributed by atoms with Crippen molar-refractivity contribution in [3.8, 4) is 5.75 Å². The van der Waals surface area contributed by atoms with Crippen LogP contribution in [0, 0.1) is 0 Å². The molecule has 0 aliphatic heterocycles. The Morgan fingerprint density at radius 2 is 1.68 bits per heavy atom. The van der Waals surface area contributed by atoms with Gasteiger partial charge in [0.2, 0.25) is 0 Å². The molecule has 0 saturated heterocycles. The number of nitrogens with zero attached hydrogens (tertiary/aromatic N) is 1. The van der Waals surface area contributed by atoms with Gasteiger partial charge in [0.25, 0.3) is 0 Å². The quantitative estimate of drug-likeness (QED) is 0.800. The summed E-state index contributed by atoms with van der Waals surface area (Å²) in [6.45, 7) is 5.34. The SMILES string of the molecule is CC(C)(C)[S@@](=O)N=Cc1ccc(OC(F)(F)F)cc1. The Balaban J connectivity index is 2.73. The van der Waals surface area contributed by atoms with E-state index < -0.39 is 22.1 Å². The van der Waals surface area contributed by atoms with Crippen molar-refractivity contribution in [3.63, 3.8) is 0 Å². The van der Waals surface area contributed by atoms with Gasteiger partial charge < -0.3 is 4.74 Å². The Hall–Kier alpha value is -1.37. The number of benzene rings is 1. The Kier molecular flexibility index (Phi) is 4.73. The third-order valence-corrected chi connectivity index (χ3v) is 3.28. The average molecular weight is 293 g/mol. The number of rotatable bonds is 3. The van der Waals surface area contributed by atoms with E-state index in [-0.39, 0.29) is 5.75 Å². The molecule has 0 N–H and O–H groups in total. The van der Waals surface area contributed by atoms with Gasteiger partial charge in [-0.1, -0.05) is 0 Å². The molecule has 0 spiro atoms. The molecule has 1 rings (SSSR count). The summed E-state index contributed by atoms with van der Waals surface area (Å²) in [4.78, 5) is 0. The van der Waals surface area contributed by atoms with E-state index in [4.69, 9.17) is 0 Å². The Bertz CT molecular complexity index is 475. The largest absolute Gasteiger partial charge is 0.573 e. The van der Waals surface area contributed by atoms with Crippen LogP contribution >= 0.6 is 0 Å². The Morgan fingerprint density at radius 3 is 2.11 bits per heavy atom. The van der Waals surface area contributed by atoms with Crippen molar-refractivity contribution in [1.82, 2.24) is 0 Å². The summed E-state index contributed by atoms with van der Waals surface area (Å²) in [5, 5.41) is 0. The van der Waals surface area contributed by atoms with Crippen LogP contribution < -0.4 is 4.74 Å². The molecule has 0 aromatic heterocycles. The third-order valence-electron chi connectivity index (χ3n) is 1.94. The van der Waals surface area contributed by atoms with Crippen LogP contribution in [-0.2, 0) is 11.0 Å². The number of ether oxygens (including phenoxy) is 1. The lowest BCUT2D eigenvalue weighted by Crippen LogP contribution is -2.19. The highest BCUT2D eigenvalue weighted by Gasteiger charge is 2.30. The molecule has 0 bridgehead atoms. The normalized spacial score (nSPS) is 14.6. The topological polar surface area (TPSA) is 38.7 Å². The predicted molar refractivity (Wildman–Crippen MR) is 68.6 cm³/mol. The van der Waals surface area contributed by atoms with Crippen LogP contribution in [0.5, 0.6) is 5.75 Å². The summed E-state index contributed by atoms with van der Waals surface area (Å²) in [6.07, 6.45) is -3.35. The van der Waals surface area contributed by atoms with Gasteiger partial charge >= 0.3 is 6.36 Å². The van der Waals surface area contributed by atoms with Crippen molar-refractivity contribution in [2.45, 2.75) is 31.9 Å². The van der Waals surface area contributed by atoms with Crippen LogP contribution in [0.15, 0.2) is 28.7 Å². The lowest BCUT2D eigenvalue weighted by Gasteiger charge is -2.12. The third kappa shape index (κ3) is 5.87. The summed E-state index contributed by atoms with van der Waals surface area (Å²) in [5.41, 5.74) is 0.548. The van der Waals surface area contributed by atoms with E-state index in [0.29, 0.717) is 5.56 Å². The van der Waals surface area contributed by atoms with Crippen molar-refractivity contribution in [2.24, 2.45) is 4.40 Å². The van der Waals surface area contributed by atoms with Crippen LogP contribution in [-0.4, -0.2) is 21.5 Å². The molecule has 0 fully saturated rings. The van der Waals surface area contributed by atoms with Gasteiger partial charge in [-0.2, -0.15) is 4.40 Å². The number of hydrogen-bond donors (Lipinski definition) is 0. The molecule has 1 aromatic carbocycles. The molecule has 0 heterocycles. The minimum absolute atomic E-state index is 0.304. The smallest absolute Gasteiger partial charge is 0.406 e. The van der Waals surface area contributed by atoms with Gasteiger partial charge in [-0.3, -0.25) is 0 Å². The van der Waals surface area contributed by atoms with Gasteiger partial charge in [0, 0.05) is 6.21 Å². The van der Waals surface area contributed by atoms with Crippen LogP contribution in [0.3, 0.4) is 0 Å². The lowest BCUT2D eigenvalue weighted by molar-refractivity contribution is -0.274. The van der Waals surface area contributed by atoms with Gasteiger partial charge in [-0.15, -0.1) is 13.2 Å². The van der Waals surface area contributed by atoms with Gasteiger partial charge in [-0.05, 0) is 50.6 Å². The zero-order chi connectivity index (χ0) is 14.7. The first-order chi connectivity index (χ1) is 8.58. The Morgan fingerprint density at radius 1 is 1.16 bits per heavy atom. The van der Waals surface area contributed by atoms with E-state index in [1.165, 1.54) is 30.5 Å². The van der Waals surface area contributed by atoms with Crippen molar-refractivity contribution in [2.75, 3.05) is 0 Å². The van der Waals surface area contributed by atoms with Gasteiger partial charge in [-0.25, -0.2) is 4.21 Å².